The average molecular weight is 1350 g/mol. The first kappa shape index (κ1) is 89.5. The lowest BCUT2D eigenvalue weighted by Gasteiger charge is -2.21. The minimum atomic E-state index is -4.96. The molecular weight excluding hydrogens is 1210 g/mol. The summed E-state index contributed by atoms with van der Waals surface area (Å²) in [4.78, 5) is 72.6. The lowest BCUT2D eigenvalue weighted by atomic mass is 10.0. The summed E-state index contributed by atoms with van der Waals surface area (Å²) in [6.07, 6.45) is 58.9. The lowest BCUT2D eigenvalue weighted by molar-refractivity contribution is -0.161. The summed E-state index contributed by atoms with van der Waals surface area (Å²) in [5.74, 6) is -2.15. The molecule has 0 aliphatic rings. The molecule has 5 atom stereocenters. The summed E-state index contributed by atoms with van der Waals surface area (Å²) in [6.45, 7) is 4.88. The van der Waals surface area contributed by atoms with Crippen LogP contribution in [0.25, 0.3) is 0 Å². The Balaban J connectivity index is 5.27. The zero-order valence-electron chi connectivity index (χ0n) is 59.0. The first-order valence-electron chi connectivity index (χ1n) is 37.6. The first-order valence-corrected chi connectivity index (χ1v) is 40.6. The van der Waals surface area contributed by atoms with Crippen molar-refractivity contribution in [2.45, 2.75) is 380 Å². The third-order valence-electron chi connectivity index (χ3n) is 16.4. The summed E-state index contributed by atoms with van der Waals surface area (Å²) < 4.78 is 68.3. The number of unbranched alkanes of at least 4 members (excludes halogenated alkanes) is 42. The van der Waals surface area contributed by atoms with Crippen molar-refractivity contribution in [1.82, 2.24) is 0 Å². The Hall–Kier alpha value is -2.46. The molecule has 0 aromatic carbocycles. The molecule has 0 bridgehead atoms. The Bertz CT molecular complexity index is 1850. The second-order valence-corrected chi connectivity index (χ2v) is 28.5. The van der Waals surface area contributed by atoms with Gasteiger partial charge in [0.2, 0.25) is 0 Å². The molecule has 0 aliphatic heterocycles. The summed E-state index contributed by atoms with van der Waals surface area (Å²) in [7, 11) is -9.92. The molecule has 0 saturated carbocycles. The zero-order valence-corrected chi connectivity index (χ0v) is 60.8. The van der Waals surface area contributed by atoms with Gasteiger partial charge < -0.3 is 33.8 Å². The molecule has 542 valence electrons. The van der Waals surface area contributed by atoms with Gasteiger partial charge in [0.25, 0.3) is 0 Å². The number of phosphoric ester groups is 2. The number of carbonyl (C=O) groups is 4. The molecule has 0 amide bonds. The van der Waals surface area contributed by atoms with E-state index in [1.165, 1.54) is 161 Å². The van der Waals surface area contributed by atoms with Crippen LogP contribution in [0, 0.1) is 0 Å². The second kappa shape index (κ2) is 67.1. The number of hydrogen-bond acceptors (Lipinski definition) is 15. The maximum atomic E-state index is 13.0. The number of carbonyl (C=O) groups excluding carboxylic acids is 4. The Morgan fingerprint density at radius 2 is 0.511 bits per heavy atom. The van der Waals surface area contributed by atoms with Gasteiger partial charge in [-0.1, -0.05) is 290 Å². The third kappa shape index (κ3) is 66.2. The number of phosphoric acid groups is 2. The summed E-state index contributed by atoms with van der Waals surface area (Å²) in [5.41, 5.74) is 0. The van der Waals surface area contributed by atoms with Crippen molar-refractivity contribution in [2.75, 3.05) is 39.6 Å². The Kier molecular flexibility index (Phi) is 65.3. The van der Waals surface area contributed by atoms with Crippen LogP contribution in [-0.4, -0.2) is 96.7 Å². The normalized spacial score (nSPS) is 14.1. The number of rotatable bonds is 72. The van der Waals surface area contributed by atoms with E-state index in [9.17, 15) is 43.2 Å². The number of ether oxygens (including phenoxy) is 4. The van der Waals surface area contributed by atoms with Gasteiger partial charge in [0.05, 0.1) is 26.4 Å². The number of aliphatic hydroxyl groups is 1. The average Bonchev–Trinajstić information content (AvgIpc) is 3.74. The predicted octanol–water partition coefficient (Wildman–Crippen LogP) is 21.0. The van der Waals surface area contributed by atoms with Gasteiger partial charge in [0.1, 0.15) is 19.3 Å². The topological polar surface area (TPSA) is 237 Å². The highest BCUT2D eigenvalue weighted by Crippen LogP contribution is 2.45. The van der Waals surface area contributed by atoms with Gasteiger partial charge in [0.15, 0.2) is 12.2 Å². The number of esters is 4. The monoisotopic (exact) mass is 1350 g/mol. The minimum absolute atomic E-state index is 0.0898. The quantitative estimate of drug-likeness (QED) is 0.0169. The van der Waals surface area contributed by atoms with Gasteiger partial charge in [-0.25, -0.2) is 9.13 Å². The third-order valence-corrected chi connectivity index (χ3v) is 18.3. The molecule has 3 N–H and O–H groups in total. The van der Waals surface area contributed by atoms with Crippen LogP contribution in [0.15, 0.2) is 24.3 Å². The molecule has 0 saturated heterocycles. The van der Waals surface area contributed by atoms with Crippen LogP contribution in [0.4, 0.5) is 0 Å². The summed E-state index contributed by atoms with van der Waals surface area (Å²) in [6, 6.07) is 0. The molecule has 0 fully saturated rings. The van der Waals surface area contributed by atoms with E-state index in [1.54, 1.807) is 0 Å². The molecular formula is C73H138O17P2. The van der Waals surface area contributed by atoms with Crippen LogP contribution in [0.3, 0.4) is 0 Å². The predicted molar refractivity (Wildman–Crippen MR) is 372 cm³/mol. The van der Waals surface area contributed by atoms with Gasteiger partial charge >= 0.3 is 39.5 Å². The summed E-state index contributed by atoms with van der Waals surface area (Å²) in [5, 5.41) is 10.6. The number of aliphatic hydroxyl groups excluding tert-OH is 1. The van der Waals surface area contributed by atoms with E-state index in [1.807, 2.05) is 0 Å². The molecule has 0 heterocycles. The smallest absolute Gasteiger partial charge is 0.462 e. The van der Waals surface area contributed by atoms with Crippen molar-refractivity contribution in [3.63, 3.8) is 0 Å². The summed E-state index contributed by atoms with van der Waals surface area (Å²) >= 11 is 0. The van der Waals surface area contributed by atoms with Crippen LogP contribution in [0.1, 0.15) is 362 Å². The van der Waals surface area contributed by atoms with Gasteiger partial charge in [-0.15, -0.1) is 0 Å². The van der Waals surface area contributed by atoms with Crippen molar-refractivity contribution in [3.8, 4) is 0 Å². The first-order chi connectivity index (χ1) is 44.7. The molecule has 0 spiro atoms. The van der Waals surface area contributed by atoms with Gasteiger partial charge in [0, 0.05) is 25.7 Å². The van der Waals surface area contributed by atoms with Gasteiger partial charge in [-0.2, -0.15) is 0 Å². The number of allylic oxidation sites excluding steroid dienone is 4. The largest absolute Gasteiger partial charge is 0.472 e. The maximum Gasteiger partial charge on any atom is 0.472 e. The van der Waals surface area contributed by atoms with Crippen molar-refractivity contribution < 1.29 is 80.2 Å². The highest BCUT2D eigenvalue weighted by atomic mass is 31.2. The molecule has 0 aliphatic carbocycles. The molecule has 19 heteroatoms. The van der Waals surface area contributed by atoms with E-state index >= 15 is 0 Å². The molecule has 17 nitrogen and oxygen atoms in total. The fourth-order valence-electron chi connectivity index (χ4n) is 10.6. The molecule has 5 unspecified atom stereocenters. The molecule has 0 aromatic rings. The fourth-order valence-corrected chi connectivity index (χ4v) is 12.2. The fraction of sp³-hybridized carbons (Fsp3) is 0.890. The van der Waals surface area contributed by atoms with E-state index < -0.39 is 97.5 Å². The van der Waals surface area contributed by atoms with Gasteiger partial charge in [-0.3, -0.25) is 37.3 Å². The Morgan fingerprint density at radius 3 is 0.783 bits per heavy atom. The molecule has 92 heavy (non-hydrogen) atoms. The van der Waals surface area contributed by atoms with Crippen LogP contribution < -0.4 is 0 Å². The van der Waals surface area contributed by atoms with E-state index in [0.717, 1.165) is 122 Å². The van der Waals surface area contributed by atoms with Crippen molar-refractivity contribution in [1.29, 1.82) is 0 Å². The zero-order chi connectivity index (χ0) is 67.5. The molecule has 0 aromatic heterocycles. The van der Waals surface area contributed by atoms with E-state index in [4.69, 9.17) is 37.0 Å². The van der Waals surface area contributed by atoms with Crippen LogP contribution in [0.5, 0.6) is 0 Å². The SMILES string of the molecule is CCCC/C=C\CCCCCCCC(=O)OC(COC(=O)CCCCCCC/C=C\CCCCCCCC)COP(=O)(O)OCC(O)COP(=O)(O)OCC(COC(=O)CCCCCCCCCCCCCCC)OC(=O)CCCCCCCCCCCCCCC. The standard InChI is InChI=1S/C73H138O17P2/c1-5-9-13-17-21-25-29-32-33-36-39-42-46-50-54-58-71(76)84-63-68(89-72(77)59-55-51-47-43-37-28-24-20-16-12-8-4)65-87-91(79,80)85-61-67(74)62-86-92(81,82)88-66-69(90-73(78)60-56-52-48-44-40-35-31-27-23-19-15-11-7-3)64-83-70(75)57-53-49-45-41-38-34-30-26-22-18-14-10-6-2/h20,24,32-33,67-69,74H,5-19,21-23,25-31,34-66H2,1-4H3,(H,79,80)(H,81,82)/b24-20-,33-32-. The second-order valence-electron chi connectivity index (χ2n) is 25.6. The molecule has 0 rings (SSSR count). The van der Waals surface area contributed by atoms with Crippen molar-refractivity contribution in [2.24, 2.45) is 0 Å². The number of hydrogen-bond donors (Lipinski definition) is 3. The van der Waals surface area contributed by atoms with Crippen LogP contribution in [0.2, 0.25) is 0 Å². The highest BCUT2D eigenvalue weighted by molar-refractivity contribution is 7.47. The lowest BCUT2D eigenvalue weighted by Crippen LogP contribution is -2.30. The van der Waals surface area contributed by atoms with Crippen molar-refractivity contribution in [3.05, 3.63) is 24.3 Å². The Morgan fingerprint density at radius 1 is 0.293 bits per heavy atom. The van der Waals surface area contributed by atoms with Crippen LogP contribution >= 0.6 is 15.6 Å². The van der Waals surface area contributed by atoms with Gasteiger partial charge in [-0.05, 0) is 70.6 Å². The van der Waals surface area contributed by atoms with E-state index in [0.29, 0.717) is 25.7 Å². The van der Waals surface area contributed by atoms with Crippen molar-refractivity contribution >= 4 is 39.5 Å². The Labute approximate surface area is 561 Å². The minimum Gasteiger partial charge on any atom is -0.462 e. The molecule has 0 radical (unpaired) electrons. The van der Waals surface area contributed by atoms with Crippen LogP contribution in [-0.2, 0) is 65.4 Å². The maximum absolute atomic E-state index is 13.0. The van der Waals surface area contributed by atoms with E-state index in [2.05, 4.69) is 52.0 Å². The highest BCUT2D eigenvalue weighted by Gasteiger charge is 2.30. The van der Waals surface area contributed by atoms with E-state index in [-0.39, 0.29) is 25.7 Å².